The SMILES string of the molecule is COc1ccc(OC)c(C2SC(C)C(=O)N2CCN2CCN(C(=O)NC(C)(C)C)CC2)c1. The Kier molecular flexibility index (Phi) is 7.82. The number of urea groups is 1. The van der Waals surface area contributed by atoms with Gasteiger partial charge >= 0.3 is 6.03 Å². The van der Waals surface area contributed by atoms with Crippen molar-refractivity contribution in [1.82, 2.24) is 20.0 Å². The molecule has 0 bridgehead atoms. The zero-order chi connectivity index (χ0) is 23.5. The molecule has 8 nitrogen and oxygen atoms in total. The second kappa shape index (κ2) is 10.2. The van der Waals surface area contributed by atoms with E-state index in [-0.39, 0.29) is 28.1 Å². The number of hydrogen-bond donors (Lipinski definition) is 1. The Balaban J connectivity index is 1.62. The minimum atomic E-state index is -0.241. The van der Waals surface area contributed by atoms with E-state index in [9.17, 15) is 9.59 Å². The number of methoxy groups -OCH3 is 2. The molecule has 9 heteroatoms. The van der Waals surface area contributed by atoms with Crippen LogP contribution in [-0.4, -0.2) is 90.9 Å². The summed E-state index contributed by atoms with van der Waals surface area (Å²) >= 11 is 1.64. The largest absolute Gasteiger partial charge is 0.497 e. The number of carbonyl (C=O) groups is 2. The van der Waals surface area contributed by atoms with Gasteiger partial charge < -0.3 is 24.6 Å². The molecule has 2 aliphatic heterocycles. The number of thioether (sulfide) groups is 1. The summed E-state index contributed by atoms with van der Waals surface area (Å²) in [6.45, 7) is 12.3. The highest BCUT2D eigenvalue weighted by molar-refractivity contribution is 8.01. The van der Waals surface area contributed by atoms with Crippen LogP contribution < -0.4 is 14.8 Å². The van der Waals surface area contributed by atoms with Gasteiger partial charge in [-0.15, -0.1) is 11.8 Å². The van der Waals surface area contributed by atoms with Gasteiger partial charge in [-0.2, -0.15) is 0 Å². The number of hydrogen-bond acceptors (Lipinski definition) is 6. The fourth-order valence-corrected chi connectivity index (χ4v) is 5.32. The van der Waals surface area contributed by atoms with Gasteiger partial charge in [0.2, 0.25) is 5.91 Å². The van der Waals surface area contributed by atoms with E-state index in [1.54, 1.807) is 26.0 Å². The van der Waals surface area contributed by atoms with Gasteiger partial charge in [-0.3, -0.25) is 9.69 Å². The average Bonchev–Trinajstić information content (AvgIpc) is 3.04. The van der Waals surface area contributed by atoms with Crippen molar-refractivity contribution in [2.24, 2.45) is 0 Å². The Labute approximate surface area is 195 Å². The number of nitrogens with one attached hydrogen (secondary N) is 1. The first kappa shape index (κ1) is 24.5. The summed E-state index contributed by atoms with van der Waals surface area (Å²) in [5, 5.41) is 2.81. The summed E-state index contributed by atoms with van der Waals surface area (Å²) in [5.41, 5.74) is 0.715. The lowest BCUT2D eigenvalue weighted by molar-refractivity contribution is -0.130. The first-order chi connectivity index (χ1) is 15.1. The molecule has 32 heavy (non-hydrogen) atoms. The number of piperazine rings is 1. The Bertz CT molecular complexity index is 821. The molecule has 2 saturated heterocycles. The number of ether oxygens (including phenoxy) is 2. The Morgan fingerprint density at radius 3 is 2.41 bits per heavy atom. The van der Waals surface area contributed by atoms with Crippen LogP contribution in [0.3, 0.4) is 0 Å². The summed E-state index contributed by atoms with van der Waals surface area (Å²) in [6.07, 6.45) is 0. The Morgan fingerprint density at radius 2 is 1.81 bits per heavy atom. The number of benzene rings is 1. The molecule has 1 aromatic rings. The van der Waals surface area contributed by atoms with E-state index >= 15 is 0 Å². The minimum Gasteiger partial charge on any atom is -0.497 e. The molecule has 1 aromatic carbocycles. The van der Waals surface area contributed by atoms with Crippen LogP contribution in [0.15, 0.2) is 18.2 Å². The number of rotatable bonds is 6. The fourth-order valence-electron chi connectivity index (χ4n) is 4.00. The molecular weight excluding hydrogens is 428 g/mol. The fraction of sp³-hybridized carbons (Fsp3) is 0.652. The molecule has 2 unspecified atom stereocenters. The maximum absolute atomic E-state index is 12.9. The van der Waals surface area contributed by atoms with Crippen LogP contribution in [0, 0.1) is 0 Å². The molecule has 2 atom stereocenters. The van der Waals surface area contributed by atoms with Crippen molar-refractivity contribution < 1.29 is 19.1 Å². The lowest BCUT2D eigenvalue weighted by atomic mass is 10.1. The van der Waals surface area contributed by atoms with Crippen molar-refractivity contribution in [2.45, 2.75) is 43.9 Å². The van der Waals surface area contributed by atoms with E-state index in [1.807, 2.05) is 55.7 Å². The predicted octanol–water partition coefficient (Wildman–Crippen LogP) is 2.79. The van der Waals surface area contributed by atoms with Crippen LogP contribution in [0.2, 0.25) is 0 Å². The number of amides is 3. The van der Waals surface area contributed by atoms with Crippen LogP contribution in [0.4, 0.5) is 4.79 Å². The molecule has 2 heterocycles. The third kappa shape index (κ3) is 5.81. The average molecular weight is 465 g/mol. The highest BCUT2D eigenvalue weighted by Gasteiger charge is 2.40. The molecule has 0 aromatic heterocycles. The molecule has 178 valence electrons. The first-order valence-electron chi connectivity index (χ1n) is 11.1. The smallest absolute Gasteiger partial charge is 0.317 e. The predicted molar refractivity (Wildman–Crippen MR) is 127 cm³/mol. The summed E-state index contributed by atoms with van der Waals surface area (Å²) in [7, 11) is 3.29. The van der Waals surface area contributed by atoms with Gasteiger partial charge in [0.25, 0.3) is 0 Å². The van der Waals surface area contributed by atoms with Crippen molar-refractivity contribution in [3.05, 3.63) is 23.8 Å². The van der Waals surface area contributed by atoms with Crippen LogP contribution in [0.5, 0.6) is 11.5 Å². The minimum absolute atomic E-state index is 0.0118. The van der Waals surface area contributed by atoms with Gasteiger partial charge in [0.05, 0.1) is 19.5 Å². The van der Waals surface area contributed by atoms with E-state index < -0.39 is 0 Å². The van der Waals surface area contributed by atoms with Gasteiger partial charge in [-0.25, -0.2) is 4.79 Å². The summed E-state index contributed by atoms with van der Waals surface area (Å²) in [6, 6.07) is 5.71. The highest BCUT2D eigenvalue weighted by atomic mass is 32.2. The van der Waals surface area contributed by atoms with Crippen LogP contribution in [-0.2, 0) is 4.79 Å². The van der Waals surface area contributed by atoms with Crippen molar-refractivity contribution >= 4 is 23.7 Å². The second-order valence-corrected chi connectivity index (χ2v) is 10.7. The third-order valence-corrected chi connectivity index (χ3v) is 7.12. The van der Waals surface area contributed by atoms with Crippen LogP contribution in [0.1, 0.15) is 38.6 Å². The van der Waals surface area contributed by atoms with Crippen LogP contribution >= 0.6 is 11.8 Å². The third-order valence-electron chi connectivity index (χ3n) is 5.75. The molecule has 0 radical (unpaired) electrons. The monoisotopic (exact) mass is 464 g/mol. The van der Waals surface area contributed by atoms with Crippen molar-refractivity contribution in [3.8, 4) is 11.5 Å². The van der Waals surface area contributed by atoms with Crippen LogP contribution in [0.25, 0.3) is 0 Å². The maximum atomic E-state index is 12.9. The lowest BCUT2D eigenvalue weighted by Gasteiger charge is -2.37. The molecule has 0 saturated carbocycles. The van der Waals surface area contributed by atoms with E-state index in [0.717, 1.165) is 36.7 Å². The molecular formula is C23H36N4O4S. The molecule has 0 spiro atoms. The summed E-state index contributed by atoms with van der Waals surface area (Å²) in [4.78, 5) is 31.5. The van der Waals surface area contributed by atoms with Crippen molar-refractivity contribution in [1.29, 1.82) is 0 Å². The van der Waals surface area contributed by atoms with Gasteiger partial charge in [0.15, 0.2) is 0 Å². The van der Waals surface area contributed by atoms with E-state index in [0.29, 0.717) is 19.6 Å². The van der Waals surface area contributed by atoms with Gasteiger partial charge in [0, 0.05) is 50.4 Å². The summed E-state index contributed by atoms with van der Waals surface area (Å²) in [5.74, 6) is 1.65. The van der Waals surface area contributed by atoms with Gasteiger partial charge in [-0.05, 0) is 45.9 Å². The molecule has 0 aliphatic carbocycles. The Hall–Kier alpha value is -2.13. The topological polar surface area (TPSA) is 74.4 Å². The maximum Gasteiger partial charge on any atom is 0.317 e. The summed E-state index contributed by atoms with van der Waals surface area (Å²) < 4.78 is 11.0. The first-order valence-corrected chi connectivity index (χ1v) is 12.0. The molecule has 3 rings (SSSR count). The highest BCUT2D eigenvalue weighted by Crippen LogP contribution is 2.46. The number of carbonyl (C=O) groups excluding carboxylic acids is 2. The zero-order valence-corrected chi connectivity index (χ0v) is 20.8. The molecule has 3 amide bonds. The van der Waals surface area contributed by atoms with E-state index in [4.69, 9.17) is 9.47 Å². The standard InChI is InChI=1S/C23H36N4O4S/c1-16-20(28)27(21(32-16)18-15-17(30-5)7-8-19(18)31-6)14-11-25-9-12-26(13-10-25)22(29)24-23(2,3)4/h7-8,15-16,21H,9-14H2,1-6H3,(H,24,29). The molecule has 1 N–H and O–H groups in total. The van der Waals surface area contributed by atoms with Gasteiger partial charge in [-0.1, -0.05) is 0 Å². The number of nitrogens with zero attached hydrogens (tertiary/aromatic N) is 3. The van der Waals surface area contributed by atoms with Gasteiger partial charge in [0.1, 0.15) is 16.9 Å². The second-order valence-electron chi connectivity index (χ2n) is 9.28. The van der Waals surface area contributed by atoms with E-state index in [2.05, 4.69) is 10.2 Å². The van der Waals surface area contributed by atoms with Crippen molar-refractivity contribution in [2.75, 3.05) is 53.5 Å². The van der Waals surface area contributed by atoms with E-state index in [1.165, 1.54) is 0 Å². The quantitative estimate of drug-likeness (QED) is 0.698. The zero-order valence-electron chi connectivity index (χ0n) is 20.0. The lowest BCUT2D eigenvalue weighted by Crippen LogP contribution is -2.55. The Morgan fingerprint density at radius 1 is 1.12 bits per heavy atom. The normalized spacial score (nSPS) is 22.2. The molecule has 2 fully saturated rings. The molecule has 2 aliphatic rings. The van der Waals surface area contributed by atoms with Crippen molar-refractivity contribution in [3.63, 3.8) is 0 Å².